The minimum atomic E-state index is -0.697. The summed E-state index contributed by atoms with van der Waals surface area (Å²) in [5, 5.41) is 15.1. The first-order valence-electron chi connectivity index (χ1n) is 7.85. The fraction of sp³-hybridized carbons (Fsp3) is 0.150. The Labute approximate surface area is 139 Å². The van der Waals surface area contributed by atoms with E-state index < -0.39 is 17.8 Å². The average molecular weight is 323 g/mol. The second kappa shape index (κ2) is 7.23. The van der Waals surface area contributed by atoms with E-state index in [0.29, 0.717) is 6.42 Å². The van der Waals surface area contributed by atoms with Crippen molar-refractivity contribution in [1.82, 2.24) is 5.32 Å². The Morgan fingerprint density at radius 3 is 2.54 bits per heavy atom. The van der Waals surface area contributed by atoms with E-state index in [1.165, 1.54) is 18.2 Å². The molecule has 0 spiro atoms. The van der Waals surface area contributed by atoms with Gasteiger partial charge in [0.25, 0.3) is 5.91 Å². The average Bonchev–Trinajstić information content (AvgIpc) is 2.61. The van der Waals surface area contributed by atoms with Crippen LogP contribution in [0, 0.1) is 5.82 Å². The van der Waals surface area contributed by atoms with Gasteiger partial charge in [-0.2, -0.15) is 0 Å². The Balaban J connectivity index is 1.64. The molecule has 0 aliphatic heterocycles. The van der Waals surface area contributed by atoms with Gasteiger partial charge in [-0.05, 0) is 34.9 Å². The summed E-state index contributed by atoms with van der Waals surface area (Å²) < 4.78 is 13.6. The third-order valence-corrected chi connectivity index (χ3v) is 4.00. The van der Waals surface area contributed by atoms with E-state index in [4.69, 9.17) is 0 Å². The highest BCUT2D eigenvalue weighted by molar-refractivity contribution is 5.94. The van der Waals surface area contributed by atoms with Crippen LogP contribution in [0.25, 0.3) is 10.8 Å². The molecule has 0 radical (unpaired) electrons. The predicted octanol–water partition coefficient (Wildman–Crippen LogP) is 3.83. The monoisotopic (exact) mass is 323 g/mol. The summed E-state index contributed by atoms with van der Waals surface area (Å²) in [5.74, 6) is -1.03. The predicted molar refractivity (Wildman–Crippen MR) is 92.3 cm³/mol. The Kier molecular flexibility index (Phi) is 4.87. The lowest BCUT2D eigenvalue weighted by Crippen LogP contribution is -2.26. The van der Waals surface area contributed by atoms with Gasteiger partial charge in [-0.3, -0.25) is 4.79 Å². The molecule has 0 aromatic heterocycles. The molecule has 0 bridgehead atoms. The Bertz CT molecular complexity index is 858. The van der Waals surface area contributed by atoms with Crippen molar-refractivity contribution in [2.75, 3.05) is 6.54 Å². The van der Waals surface area contributed by atoms with Crippen LogP contribution < -0.4 is 5.32 Å². The number of benzene rings is 3. The van der Waals surface area contributed by atoms with Gasteiger partial charge < -0.3 is 10.4 Å². The third kappa shape index (κ3) is 3.44. The summed E-state index contributed by atoms with van der Waals surface area (Å²) >= 11 is 0. The van der Waals surface area contributed by atoms with Gasteiger partial charge in [-0.25, -0.2) is 4.39 Å². The van der Waals surface area contributed by atoms with Crippen molar-refractivity contribution in [3.05, 3.63) is 83.7 Å². The number of hydrogen-bond acceptors (Lipinski definition) is 2. The summed E-state index contributed by atoms with van der Waals surface area (Å²) in [5.41, 5.74) is 0.838. The van der Waals surface area contributed by atoms with Crippen LogP contribution in [0.15, 0.2) is 66.7 Å². The van der Waals surface area contributed by atoms with Crippen molar-refractivity contribution in [1.29, 1.82) is 0 Å². The molecule has 0 fully saturated rings. The summed E-state index contributed by atoms with van der Waals surface area (Å²) in [7, 11) is 0. The van der Waals surface area contributed by atoms with Crippen LogP contribution in [0.3, 0.4) is 0 Å². The minimum Gasteiger partial charge on any atom is -0.388 e. The number of hydrogen-bond donors (Lipinski definition) is 2. The van der Waals surface area contributed by atoms with Gasteiger partial charge in [0.1, 0.15) is 5.82 Å². The molecule has 0 saturated carbocycles. The second-order valence-corrected chi connectivity index (χ2v) is 5.61. The summed E-state index contributed by atoms with van der Waals surface area (Å²) in [6.45, 7) is 0.261. The largest absolute Gasteiger partial charge is 0.388 e. The van der Waals surface area contributed by atoms with Gasteiger partial charge >= 0.3 is 0 Å². The normalized spacial score (nSPS) is 12.1. The molecule has 0 aliphatic rings. The molecule has 4 heteroatoms. The molecule has 1 atom stereocenters. The second-order valence-electron chi connectivity index (χ2n) is 5.61. The highest BCUT2D eigenvalue weighted by Crippen LogP contribution is 2.25. The topological polar surface area (TPSA) is 49.3 Å². The lowest BCUT2D eigenvalue weighted by Gasteiger charge is -2.14. The van der Waals surface area contributed by atoms with Gasteiger partial charge in [0.2, 0.25) is 0 Å². The van der Waals surface area contributed by atoms with Gasteiger partial charge in [0, 0.05) is 6.54 Å². The zero-order valence-corrected chi connectivity index (χ0v) is 13.1. The van der Waals surface area contributed by atoms with Crippen molar-refractivity contribution < 1.29 is 14.3 Å². The Morgan fingerprint density at radius 2 is 1.71 bits per heavy atom. The summed E-state index contributed by atoms with van der Waals surface area (Å²) in [4.78, 5) is 12.0. The lowest BCUT2D eigenvalue weighted by atomic mass is 9.99. The molecule has 3 rings (SSSR count). The van der Waals surface area contributed by atoms with Crippen molar-refractivity contribution in [2.45, 2.75) is 12.5 Å². The van der Waals surface area contributed by atoms with Gasteiger partial charge in [0.05, 0.1) is 11.7 Å². The molecule has 24 heavy (non-hydrogen) atoms. The zero-order chi connectivity index (χ0) is 16.9. The molecule has 122 valence electrons. The van der Waals surface area contributed by atoms with E-state index in [1.54, 1.807) is 6.07 Å². The highest BCUT2D eigenvalue weighted by Gasteiger charge is 2.13. The zero-order valence-electron chi connectivity index (χ0n) is 13.1. The molecule has 0 aliphatic carbocycles. The van der Waals surface area contributed by atoms with E-state index in [2.05, 4.69) is 5.32 Å². The smallest absolute Gasteiger partial charge is 0.254 e. The first kappa shape index (κ1) is 16.1. The van der Waals surface area contributed by atoms with E-state index in [9.17, 15) is 14.3 Å². The third-order valence-electron chi connectivity index (χ3n) is 4.00. The van der Waals surface area contributed by atoms with Crippen molar-refractivity contribution in [3.63, 3.8) is 0 Å². The van der Waals surface area contributed by atoms with Gasteiger partial charge in [0.15, 0.2) is 0 Å². The standard InChI is InChI=1S/C20H18FNO2/c21-18-11-4-3-9-17(18)20(24)22-13-12-19(23)16-10-5-7-14-6-1-2-8-15(14)16/h1-11,19,23H,12-13H2,(H,22,24)/t19-/m1/s1. The molecule has 2 N–H and O–H groups in total. The van der Waals surface area contributed by atoms with E-state index in [-0.39, 0.29) is 12.1 Å². The molecule has 3 aromatic carbocycles. The quantitative estimate of drug-likeness (QED) is 0.749. The van der Waals surface area contributed by atoms with E-state index >= 15 is 0 Å². The number of rotatable bonds is 5. The summed E-state index contributed by atoms with van der Waals surface area (Å²) in [6, 6.07) is 19.4. The molecular weight excluding hydrogens is 305 g/mol. The van der Waals surface area contributed by atoms with Crippen LogP contribution in [-0.4, -0.2) is 17.6 Å². The maximum atomic E-state index is 13.6. The van der Waals surface area contributed by atoms with Crippen molar-refractivity contribution in [3.8, 4) is 0 Å². The maximum Gasteiger partial charge on any atom is 0.254 e. The first-order chi connectivity index (χ1) is 11.7. The SMILES string of the molecule is O=C(NCC[C@@H](O)c1cccc2ccccc12)c1ccccc1F. The van der Waals surface area contributed by atoms with Crippen molar-refractivity contribution >= 4 is 16.7 Å². The number of amides is 1. The maximum absolute atomic E-state index is 13.6. The fourth-order valence-electron chi connectivity index (χ4n) is 2.76. The highest BCUT2D eigenvalue weighted by atomic mass is 19.1. The van der Waals surface area contributed by atoms with Gasteiger partial charge in [-0.1, -0.05) is 54.6 Å². The summed E-state index contributed by atoms with van der Waals surface area (Å²) in [6.07, 6.45) is -0.342. The number of aliphatic hydroxyl groups excluding tert-OH is 1. The molecule has 3 nitrogen and oxygen atoms in total. The van der Waals surface area contributed by atoms with E-state index in [1.807, 2.05) is 42.5 Å². The molecule has 3 aromatic rings. The lowest BCUT2D eigenvalue weighted by molar-refractivity contribution is 0.0939. The first-order valence-corrected chi connectivity index (χ1v) is 7.85. The van der Waals surface area contributed by atoms with Crippen molar-refractivity contribution in [2.24, 2.45) is 0 Å². The molecule has 1 amide bonds. The van der Waals surface area contributed by atoms with Crippen LogP contribution in [0.5, 0.6) is 0 Å². The number of carbonyl (C=O) groups excluding carboxylic acids is 1. The number of nitrogens with one attached hydrogen (secondary N) is 1. The number of aliphatic hydroxyl groups is 1. The van der Waals surface area contributed by atoms with Crippen LogP contribution in [0.4, 0.5) is 4.39 Å². The van der Waals surface area contributed by atoms with Crippen LogP contribution in [-0.2, 0) is 0 Å². The number of carbonyl (C=O) groups is 1. The Hall–Kier alpha value is -2.72. The van der Waals surface area contributed by atoms with E-state index in [0.717, 1.165) is 16.3 Å². The van der Waals surface area contributed by atoms with Gasteiger partial charge in [-0.15, -0.1) is 0 Å². The molecule has 0 saturated heterocycles. The molecular formula is C20H18FNO2. The Morgan fingerprint density at radius 1 is 1.00 bits per heavy atom. The molecule has 0 unspecified atom stereocenters. The van der Waals surface area contributed by atoms with Crippen LogP contribution in [0.2, 0.25) is 0 Å². The number of halogens is 1. The number of fused-ring (bicyclic) bond motifs is 1. The fourth-order valence-corrected chi connectivity index (χ4v) is 2.76. The molecule has 0 heterocycles. The van der Waals surface area contributed by atoms with Crippen LogP contribution in [0.1, 0.15) is 28.4 Å². The van der Waals surface area contributed by atoms with Crippen LogP contribution >= 0.6 is 0 Å². The minimum absolute atomic E-state index is 0.0113.